The second-order valence-corrected chi connectivity index (χ2v) is 4.85. The zero-order valence-electron chi connectivity index (χ0n) is 13.8. The Morgan fingerprint density at radius 2 is 1.36 bits per heavy atom. The number of carbonyl (C=O) groups is 3. The quantitative estimate of drug-likeness (QED) is 0.303. The number of carbonyl (C=O) groups excluding carboxylic acids is 3. The van der Waals surface area contributed by atoms with E-state index in [1.165, 1.54) is 13.8 Å². The molecule has 0 aromatic carbocycles. The third kappa shape index (κ3) is 13.4. The molecule has 0 unspecified atom stereocenters. The minimum absolute atomic E-state index is 0.236. The van der Waals surface area contributed by atoms with Gasteiger partial charge in [0, 0.05) is 33.5 Å². The molecular weight excluding hydrogens is 290 g/mol. The SMILES string of the molecule is CCCCOC(=O)CCN(CCOC(C)=O)CCOC(C)=O. The molecule has 22 heavy (non-hydrogen) atoms. The van der Waals surface area contributed by atoms with Gasteiger partial charge in [-0.15, -0.1) is 0 Å². The van der Waals surface area contributed by atoms with Gasteiger partial charge in [0.15, 0.2) is 0 Å². The molecule has 0 radical (unpaired) electrons. The lowest BCUT2D eigenvalue weighted by atomic mass is 10.3. The van der Waals surface area contributed by atoms with Crippen LogP contribution >= 0.6 is 0 Å². The summed E-state index contributed by atoms with van der Waals surface area (Å²) in [4.78, 5) is 35.0. The molecule has 0 N–H and O–H groups in total. The fraction of sp³-hybridized carbons (Fsp3) is 0.800. The predicted molar refractivity (Wildman–Crippen MR) is 80.2 cm³/mol. The van der Waals surface area contributed by atoms with Crippen molar-refractivity contribution in [2.75, 3.05) is 39.5 Å². The Labute approximate surface area is 131 Å². The minimum atomic E-state index is -0.348. The number of hydrogen-bond acceptors (Lipinski definition) is 7. The molecule has 0 heterocycles. The van der Waals surface area contributed by atoms with Gasteiger partial charge in [0.05, 0.1) is 13.0 Å². The van der Waals surface area contributed by atoms with E-state index in [1.807, 2.05) is 11.8 Å². The summed E-state index contributed by atoms with van der Waals surface area (Å²) in [7, 11) is 0. The van der Waals surface area contributed by atoms with Gasteiger partial charge in [0.25, 0.3) is 0 Å². The van der Waals surface area contributed by atoms with Crippen molar-refractivity contribution in [3.05, 3.63) is 0 Å². The van der Waals surface area contributed by atoms with Crippen molar-refractivity contribution < 1.29 is 28.6 Å². The summed E-state index contributed by atoms with van der Waals surface area (Å²) in [6, 6.07) is 0. The van der Waals surface area contributed by atoms with Crippen molar-refractivity contribution in [3.63, 3.8) is 0 Å². The lowest BCUT2D eigenvalue weighted by molar-refractivity contribution is -0.146. The molecule has 0 bridgehead atoms. The van der Waals surface area contributed by atoms with E-state index in [9.17, 15) is 14.4 Å². The molecule has 7 heteroatoms. The number of unbranched alkanes of at least 4 members (excludes halogenated alkanes) is 1. The van der Waals surface area contributed by atoms with Crippen molar-refractivity contribution in [3.8, 4) is 0 Å². The number of ether oxygens (including phenoxy) is 3. The average Bonchev–Trinajstić information content (AvgIpc) is 2.43. The normalized spacial score (nSPS) is 10.4. The maximum absolute atomic E-state index is 11.6. The molecule has 128 valence electrons. The topological polar surface area (TPSA) is 82.1 Å². The van der Waals surface area contributed by atoms with Gasteiger partial charge >= 0.3 is 17.9 Å². The van der Waals surface area contributed by atoms with Gasteiger partial charge in [-0.3, -0.25) is 19.3 Å². The summed E-state index contributed by atoms with van der Waals surface area (Å²) in [5, 5.41) is 0. The van der Waals surface area contributed by atoms with Gasteiger partial charge in [-0.1, -0.05) is 13.3 Å². The smallest absolute Gasteiger partial charge is 0.307 e. The lowest BCUT2D eigenvalue weighted by Crippen LogP contribution is -2.34. The minimum Gasteiger partial charge on any atom is -0.466 e. The zero-order valence-corrected chi connectivity index (χ0v) is 13.8. The molecule has 0 fully saturated rings. The molecule has 0 aliphatic heterocycles. The van der Waals surface area contributed by atoms with E-state index < -0.39 is 0 Å². The summed E-state index contributed by atoms with van der Waals surface area (Å²) in [5.41, 5.74) is 0. The molecule has 0 aromatic rings. The third-order valence-corrected chi connectivity index (χ3v) is 2.82. The van der Waals surface area contributed by atoms with Crippen LogP contribution in [0.15, 0.2) is 0 Å². The second kappa shape index (κ2) is 13.1. The molecule has 7 nitrogen and oxygen atoms in total. The highest BCUT2D eigenvalue weighted by Crippen LogP contribution is 1.97. The Hall–Kier alpha value is -1.63. The summed E-state index contributed by atoms with van der Waals surface area (Å²) in [6.45, 7) is 7.04. The van der Waals surface area contributed by atoms with E-state index in [-0.39, 0.29) is 37.5 Å². The van der Waals surface area contributed by atoms with Crippen LogP contribution in [0.5, 0.6) is 0 Å². The van der Waals surface area contributed by atoms with E-state index in [1.54, 1.807) is 0 Å². The van der Waals surface area contributed by atoms with Crippen LogP contribution in [-0.4, -0.2) is 62.3 Å². The largest absolute Gasteiger partial charge is 0.466 e. The summed E-state index contributed by atoms with van der Waals surface area (Å²) >= 11 is 0. The molecule has 0 rings (SSSR count). The van der Waals surface area contributed by atoms with Gasteiger partial charge in [-0.05, 0) is 6.42 Å². The maximum Gasteiger partial charge on any atom is 0.307 e. The van der Waals surface area contributed by atoms with E-state index >= 15 is 0 Å². The van der Waals surface area contributed by atoms with E-state index in [2.05, 4.69) is 0 Å². The number of hydrogen-bond donors (Lipinski definition) is 0. The number of nitrogens with zero attached hydrogens (tertiary/aromatic N) is 1. The highest BCUT2D eigenvalue weighted by Gasteiger charge is 2.10. The van der Waals surface area contributed by atoms with Gasteiger partial charge < -0.3 is 14.2 Å². The average molecular weight is 317 g/mol. The van der Waals surface area contributed by atoms with Crippen molar-refractivity contribution >= 4 is 17.9 Å². The molecule has 0 aliphatic rings. The third-order valence-electron chi connectivity index (χ3n) is 2.82. The number of rotatable bonds is 12. The lowest BCUT2D eigenvalue weighted by Gasteiger charge is -2.21. The first-order chi connectivity index (χ1) is 10.5. The van der Waals surface area contributed by atoms with Crippen LogP contribution < -0.4 is 0 Å². The van der Waals surface area contributed by atoms with Crippen LogP contribution in [0.25, 0.3) is 0 Å². The molecular formula is C15H27NO6. The van der Waals surface area contributed by atoms with Gasteiger partial charge in [-0.25, -0.2) is 0 Å². The first kappa shape index (κ1) is 20.4. The van der Waals surface area contributed by atoms with Gasteiger partial charge in [0.2, 0.25) is 0 Å². The predicted octanol–water partition coefficient (Wildman–Crippen LogP) is 1.15. The molecule has 0 atom stereocenters. The van der Waals surface area contributed by atoms with E-state index in [4.69, 9.17) is 14.2 Å². The first-order valence-electron chi connectivity index (χ1n) is 7.60. The summed E-state index contributed by atoms with van der Waals surface area (Å²) < 4.78 is 14.8. The Balaban J connectivity index is 4.05. The molecule has 0 amide bonds. The Morgan fingerprint density at radius 1 is 0.818 bits per heavy atom. The van der Waals surface area contributed by atoms with Crippen molar-refractivity contribution in [1.29, 1.82) is 0 Å². The van der Waals surface area contributed by atoms with Crippen LogP contribution in [0.3, 0.4) is 0 Å². The molecule has 0 aromatic heterocycles. The van der Waals surface area contributed by atoms with Crippen LogP contribution in [0.2, 0.25) is 0 Å². The number of esters is 3. The highest BCUT2D eigenvalue weighted by atomic mass is 16.5. The fourth-order valence-corrected chi connectivity index (χ4v) is 1.62. The van der Waals surface area contributed by atoms with E-state index in [0.717, 1.165) is 12.8 Å². The maximum atomic E-state index is 11.6. The second-order valence-electron chi connectivity index (χ2n) is 4.85. The molecule has 0 saturated heterocycles. The van der Waals surface area contributed by atoms with Crippen LogP contribution in [0.4, 0.5) is 0 Å². The van der Waals surface area contributed by atoms with Crippen molar-refractivity contribution in [2.45, 2.75) is 40.0 Å². The van der Waals surface area contributed by atoms with Crippen LogP contribution in [-0.2, 0) is 28.6 Å². The Bertz CT molecular complexity index is 325. The highest BCUT2D eigenvalue weighted by molar-refractivity contribution is 5.69. The monoisotopic (exact) mass is 317 g/mol. The van der Waals surface area contributed by atoms with Crippen molar-refractivity contribution in [1.82, 2.24) is 4.90 Å². The Morgan fingerprint density at radius 3 is 1.82 bits per heavy atom. The first-order valence-corrected chi connectivity index (χ1v) is 7.60. The van der Waals surface area contributed by atoms with Crippen LogP contribution in [0, 0.1) is 0 Å². The Kier molecular flexibility index (Phi) is 12.1. The zero-order chi connectivity index (χ0) is 16.8. The summed E-state index contributed by atoms with van der Waals surface area (Å²) in [5.74, 6) is -0.948. The fourth-order valence-electron chi connectivity index (χ4n) is 1.62. The molecule has 0 spiro atoms. The van der Waals surface area contributed by atoms with Gasteiger partial charge in [0.1, 0.15) is 13.2 Å². The summed E-state index contributed by atoms with van der Waals surface area (Å²) in [6.07, 6.45) is 2.09. The van der Waals surface area contributed by atoms with Crippen molar-refractivity contribution in [2.24, 2.45) is 0 Å². The van der Waals surface area contributed by atoms with E-state index in [0.29, 0.717) is 26.2 Å². The standard InChI is InChI=1S/C15H27NO6/c1-4-5-10-22-15(19)6-7-16(8-11-20-13(2)17)9-12-21-14(3)18/h4-12H2,1-3H3. The van der Waals surface area contributed by atoms with Crippen LogP contribution in [0.1, 0.15) is 40.0 Å². The van der Waals surface area contributed by atoms with Gasteiger partial charge in [-0.2, -0.15) is 0 Å². The molecule has 0 saturated carbocycles. The molecule has 0 aliphatic carbocycles.